The highest BCUT2D eigenvalue weighted by molar-refractivity contribution is 6.13. The van der Waals surface area contributed by atoms with E-state index in [9.17, 15) is 52.2 Å². The second-order valence-corrected chi connectivity index (χ2v) is 7.95. The van der Waals surface area contributed by atoms with Crippen LogP contribution in [0.25, 0.3) is 0 Å². The van der Waals surface area contributed by atoms with Gasteiger partial charge < -0.3 is 31.1 Å². The lowest BCUT2D eigenvalue weighted by Crippen LogP contribution is -2.20. The minimum atomic E-state index is -5.02. The molecule has 0 unspecified atom stereocenters. The molecular weight excluding hydrogens is 545 g/mol. The number of alkyl halides is 3. The van der Waals surface area contributed by atoms with E-state index in [2.05, 4.69) is 0 Å². The van der Waals surface area contributed by atoms with E-state index in [1.165, 1.54) is 0 Å². The number of carbonyl (C=O) groups is 6. The molecule has 0 atom stereocenters. The van der Waals surface area contributed by atoms with Crippen LogP contribution in [0, 0.1) is 0 Å². The summed E-state index contributed by atoms with van der Waals surface area (Å²) in [5, 5.41) is 41.0. The van der Waals surface area contributed by atoms with Crippen molar-refractivity contribution < 1.29 is 62.4 Å². The molecule has 0 saturated heterocycles. The van der Waals surface area contributed by atoms with Crippen molar-refractivity contribution in [1.29, 1.82) is 0 Å². The molecule has 12 nitrogen and oxygen atoms in total. The number of carboxylic acids is 4. The molecule has 0 aliphatic heterocycles. The zero-order chi connectivity index (χ0) is 29.9. The lowest BCUT2D eigenvalue weighted by atomic mass is 10.0. The van der Waals surface area contributed by atoms with E-state index in [4.69, 9.17) is 10.2 Å². The first kappa shape index (κ1) is 28.8. The van der Waals surface area contributed by atoms with E-state index in [1.807, 2.05) is 10.6 Å². The number of halogens is 3. The molecule has 3 aromatic carbocycles. The fourth-order valence-electron chi connectivity index (χ4n) is 3.44. The summed E-state index contributed by atoms with van der Waals surface area (Å²) < 4.78 is 40.7. The first-order valence-electron chi connectivity index (χ1n) is 10.6. The molecule has 206 valence electrons. The van der Waals surface area contributed by atoms with Crippen molar-refractivity contribution in [3.8, 4) is 0 Å². The number of rotatable bonds is 8. The maximum atomic E-state index is 13.6. The van der Waals surface area contributed by atoms with E-state index >= 15 is 0 Å². The third-order valence-electron chi connectivity index (χ3n) is 5.26. The van der Waals surface area contributed by atoms with Gasteiger partial charge in [0.2, 0.25) is 0 Å². The van der Waals surface area contributed by atoms with Crippen molar-refractivity contribution in [1.82, 2.24) is 0 Å². The standard InChI is InChI=1S/C25H15F3N2O10/c26-25(27,28)12-7-13(29-19(31)17-5-10(21(33)34)1-3-15(17)23(37)38)9-14(8-12)30-20(32)18-6-11(22(35)36)2-4-16(18)24(39)40/h1-9H,(H,29,31)(H,30,32)(H,33,34)(H,35,36)(H,37,38)(H,39,40). The van der Waals surface area contributed by atoms with Crippen molar-refractivity contribution in [2.24, 2.45) is 0 Å². The van der Waals surface area contributed by atoms with Crippen LogP contribution < -0.4 is 10.6 Å². The molecule has 0 aliphatic rings. The fourth-order valence-corrected chi connectivity index (χ4v) is 3.44. The summed E-state index contributed by atoms with van der Waals surface area (Å²) in [4.78, 5) is 71.1. The number of benzene rings is 3. The molecule has 0 fully saturated rings. The molecule has 0 radical (unpaired) electrons. The number of aromatic carboxylic acids is 4. The van der Waals surface area contributed by atoms with Gasteiger partial charge in [-0.3, -0.25) is 9.59 Å². The van der Waals surface area contributed by atoms with Crippen LogP contribution in [-0.4, -0.2) is 56.1 Å². The molecular formula is C25H15F3N2O10. The summed E-state index contributed by atoms with van der Waals surface area (Å²) in [7, 11) is 0. The van der Waals surface area contributed by atoms with Gasteiger partial charge in [-0.2, -0.15) is 13.2 Å². The molecule has 2 amide bonds. The monoisotopic (exact) mass is 560 g/mol. The predicted octanol–water partition coefficient (Wildman–Crippen LogP) is 4.00. The van der Waals surface area contributed by atoms with Crippen LogP contribution in [0.3, 0.4) is 0 Å². The van der Waals surface area contributed by atoms with Gasteiger partial charge in [0.15, 0.2) is 0 Å². The molecule has 0 saturated carbocycles. The van der Waals surface area contributed by atoms with Gasteiger partial charge in [0.05, 0.1) is 38.9 Å². The number of carboxylic acid groups (broad SMARTS) is 4. The highest BCUT2D eigenvalue weighted by Gasteiger charge is 2.32. The Kier molecular flexibility index (Phi) is 7.89. The van der Waals surface area contributed by atoms with E-state index in [-0.39, 0.29) is 0 Å². The van der Waals surface area contributed by atoms with Crippen molar-refractivity contribution in [2.75, 3.05) is 10.6 Å². The Morgan fingerprint density at radius 3 is 1.20 bits per heavy atom. The Balaban J connectivity index is 2.04. The summed E-state index contributed by atoms with van der Waals surface area (Å²) >= 11 is 0. The summed E-state index contributed by atoms with van der Waals surface area (Å²) in [6.07, 6.45) is -5.02. The Hall–Kier alpha value is -5.73. The number of amides is 2. The molecule has 3 rings (SSSR count). The van der Waals surface area contributed by atoms with Gasteiger partial charge in [0.1, 0.15) is 0 Å². The first-order chi connectivity index (χ1) is 18.6. The molecule has 0 aromatic heterocycles. The highest BCUT2D eigenvalue weighted by atomic mass is 19.4. The number of hydrogen-bond acceptors (Lipinski definition) is 6. The van der Waals surface area contributed by atoms with E-state index in [1.54, 1.807) is 0 Å². The summed E-state index contributed by atoms with van der Waals surface area (Å²) in [5.74, 6) is -8.86. The van der Waals surface area contributed by atoms with Crippen LogP contribution in [0.2, 0.25) is 0 Å². The number of anilines is 2. The average Bonchev–Trinajstić information content (AvgIpc) is 2.86. The van der Waals surface area contributed by atoms with E-state index < -0.39 is 92.2 Å². The molecule has 0 spiro atoms. The van der Waals surface area contributed by atoms with Gasteiger partial charge >= 0.3 is 30.1 Å². The van der Waals surface area contributed by atoms with Crippen molar-refractivity contribution in [2.45, 2.75) is 6.18 Å². The average molecular weight is 560 g/mol. The second-order valence-electron chi connectivity index (χ2n) is 7.95. The first-order valence-corrected chi connectivity index (χ1v) is 10.6. The van der Waals surface area contributed by atoms with Crippen LogP contribution in [0.4, 0.5) is 24.5 Å². The minimum absolute atomic E-state index is 0.447. The smallest absolute Gasteiger partial charge is 0.416 e. The molecule has 0 aliphatic carbocycles. The second kappa shape index (κ2) is 10.9. The Labute approximate surface area is 220 Å². The molecule has 0 heterocycles. The quantitative estimate of drug-likeness (QED) is 0.233. The van der Waals surface area contributed by atoms with Crippen LogP contribution in [-0.2, 0) is 6.18 Å². The Morgan fingerprint density at radius 2 is 0.900 bits per heavy atom. The third kappa shape index (κ3) is 6.39. The number of hydrogen-bond donors (Lipinski definition) is 6. The normalized spacial score (nSPS) is 10.9. The zero-order valence-electron chi connectivity index (χ0n) is 19.6. The van der Waals surface area contributed by atoms with Gasteiger partial charge in [-0.25, -0.2) is 19.2 Å². The lowest BCUT2D eigenvalue weighted by molar-refractivity contribution is -0.137. The van der Waals surface area contributed by atoms with Crippen molar-refractivity contribution in [3.05, 3.63) is 93.5 Å². The summed E-state index contributed by atoms with van der Waals surface area (Å²) in [6, 6.07) is 6.60. The molecule has 0 bridgehead atoms. The largest absolute Gasteiger partial charge is 0.478 e. The molecule has 6 N–H and O–H groups in total. The van der Waals surface area contributed by atoms with Gasteiger partial charge in [-0.1, -0.05) is 0 Å². The summed E-state index contributed by atoms with van der Waals surface area (Å²) in [6.45, 7) is 0. The van der Waals surface area contributed by atoms with Crippen LogP contribution in [0.5, 0.6) is 0 Å². The van der Waals surface area contributed by atoms with E-state index in [0.29, 0.717) is 24.3 Å². The predicted molar refractivity (Wildman–Crippen MR) is 128 cm³/mol. The number of nitrogens with one attached hydrogen (secondary N) is 2. The van der Waals surface area contributed by atoms with Gasteiger partial charge in [0, 0.05) is 11.4 Å². The van der Waals surface area contributed by atoms with Crippen LogP contribution in [0.1, 0.15) is 67.7 Å². The van der Waals surface area contributed by atoms with Crippen LogP contribution in [0.15, 0.2) is 54.6 Å². The molecule has 40 heavy (non-hydrogen) atoms. The molecule has 15 heteroatoms. The summed E-state index contributed by atoms with van der Waals surface area (Å²) in [5.41, 5.74) is -6.25. The zero-order valence-corrected chi connectivity index (χ0v) is 19.6. The minimum Gasteiger partial charge on any atom is -0.478 e. The maximum absolute atomic E-state index is 13.6. The van der Waals surface area contributed by atoms with Gasteiger partial charge in [-0.15, -0.1) is 0 Å². The maximum Gasteiger partial charge on any atom is 0.416 e. The lowest BCUT2D eigenvalue weighted by Gasteiger charge is -2.15. The van der Waals surface area contributed by atoms with Crippen molar-refractivity contribution >= 4 is 47.1 Å². The van der Waals surface area contributed by atoms with E-state index in [0.717, 1.165) is 30.3 Å². The van der Waals surface area contributed by atoms with Crippen LogP contribution >= 0.6 is 0 Å². The molecule has 3 aromatic rings. The van der Waals surface area contributed by atoms with Crippen molar-refractivity contribution in [3.63, 3.8) is 0 Å². The number of carbonyl (C=O) groups excluding carboxylic acids is 2. The fraction of sp³-hybridized carbons (Fsp3) is 0.0400. The topological polar surface area (TPSA) is 207 Å². The SMILES string of the molecule is O=C(O)c1ccc(C(=O)O)c(C(=O)Nc2cc(NC(=O)c3cc(C(=O)O)ccc3C(=O)O)cc(C(F)(F)F)c2)c1. The highest BCUT2D eigenvalue weighted by Crippen LogP contribution is 2.34. The Morgan fingerprint density at radius 1 is 0.525 bits per heavy atom. The van der Waals surface area contributed by atoms with Gasteiger partial charge in [-0.05, 0) is 54.6 Å². The third-order valence-corrected chi connectivity index (χ3v) is 5.26. The van der Waals surface area contributed by atoms with Gasteiger partial charge in [0.25, 0.3) is 11.8 Å². The Bertz CT molecular complexity index is 1490.